The van der Waals surface area contributed by atoms with Gasteiger partial charge >= 0.3 is 6.09 Å². The van der Waals surface area contributed by atoms with Crippen LogP contribution in [-0.4, -0.2) is 66.6 Å². The second-order valence-electron chi connectivity index (χ2n) is 8.48. The SMILES string of the molecule is CCN(CC1CCN(C(=NC)NCc2ccc(C(N)=O)o2)CC1)C(=O)OC(C)(C)C.I. The number of nitrogens with one attached hydrogen (secondary N) is 1. The smallest absolute Gasteiger partial charge is 0.410 e. The molecule has 1 aliphatic rings. The van der Waals surface area contributed by atoms with Crippen LogP contribution in [-0.2, 0) is 11.3 Å². The zero-order chi connectivity index (χ0) is 22.3. The van der Waals surface area contributed by atoms with Gasteiger partial charge in [0.25, 0.3) is 5.91 Å². The molecule has 2 heterocycles. The molecular weight excluding hydrogens is 513 g/mol. The third-order valence-corrected chi connectivity index (χ3v) is 4.96. The molecule has 0 saturated carbocycles. The van der Waals surface area contributed by atoms with Gasteiger partial charge in [-0.3, -0.25) is 9.79 Å². The molecule has 1 aromatic heterocycles. The van der Waals surface area contributed by atoms with Crippen LogP contribution in [0.2, 0.25) is 0 Å². The van der Waals surface area contributed by atoms with E-state index in [1.54, 1.807) is 24.1 Å². The predicted molar refractivity (Wildman–Crippen MR) is 131 cm³/mol. The second-order valence-corrected chi connectivity index (χ2v) is 8.48. The number of amides is 2. The first-order valence-corrected chi connectivity index (χ1v) is 10.4. The average molecular weight is 549 g/mol. The monoisotopic (exact) mass is 549 g/mol. The van der Waals surface area contributed by atoms with Gasteiger partial charge in [-0.05, 0) is 58.6 Å². The number of hydrogen-bond donors (Lipinski definition) is 2. The Morgan fingerprint density at radius 2 is 1.97 bits per heavy atom. The Labute approximate surface area is 201 Å². The topological polar surface area (TPSA) is 113 Å². The largest absolute Gasteiger partial charge is 0.454 e. The number of likely N-dealkylation sites (tertiary alicyclic amines) is 1. The van der Waals surface area contributed by atoms with Gasteiger partial charge in [-0.15, -0.1) is 24.0 Å². The van der Waals surface area contributed by atoms with Gasteiger partial charge in [0.2, 0.25) is 0 Å². The maximum absolute atomic E-state index is 12.4. The van der Waals surface area contributed by atoms with E-state index in [2.05, 4.69) is 15.2 Å². The number of halogens is 1. The number of aliphatic imine (C=N–C) groups is 1. The quantitative estimate of drug-likeness (QED) is 0.321. The van der Waals surface area contributed by atoms with Gasteiger partial charge in [0.1, 0.15) is 11.4 Å². The molecule has 0 radical (unpaired) electrons. The molecule has 3 N–H and O–H groups in total. The number of primary amides is 1. The Hall–Kier alpha value is -1.98. The summed E-state index contributed by atoms with van der Waals surface area (Å²) in [6.07, 6.45) is 1.68. The molecule has 1 saturated heterocycles. The molecule has 1 fully saturated rings. The van der Waals surface area contributed by atoms with Gasteiger partial charge < -0.3 is 30.0 Å². The Morgan fingerprint density at radius 3 is 2.45 bits per heavy atom. The number of ether oxygens (including phenoxy) is 1. The second kappa shape index (κ2) is 12.2. The molecule has 0 atom stereocenters. The van der Waals surface area contributed by atoms with Crippen molar-refractivity contribution in [3.8, 4) is 0 Å². The van der Waals surface area contributed by atoms with Gasteiger partial charge in [-0.25, -0.2) is 4.79 Å². The Kier molecular flexibility index (Phi) is 10.6. The molecule has 0 aliphatic carbocycles. The van der Waals surface area contributed by atoms with Crippen molar-refractivity contribution in [1.82, 2.24) is 15.1 Å². The molecule has 2 rings (SSSR count). The van der Waals surface area contributed by atoms with E-state index in [1.165, 1.54) is 0 Å². The summed E-state index contributed by atoms with van der Waals surface area (Å²) in [5, 5.41) is 3.26. The van der Waals surface area contributed by atoms with E-state index in [0.717, 1.165) is 31.9 Å². The number of rotatable bonds is 6. The van der Waals surface area contributed by atoms with E-state index in [0.29, 0.717) is 31.3 Å². The summed E-state index contributed by atoms with van der Waals surface area (Å²) >= 11 is 0. The minimum Gasteiger partial charge on any atom is -0.454 e. The molecule has 2 amide bonds. The highest BCUT2D eigenvalue weighted by atomic mass is 127. The van der Waals surface area contributed by atoms with E-state index in [9.17, 15) is 9.59 Å². The van der Waals surface area contributed by atoms with E-state index < -0.39 is 11.5 Å². The van der Waals surface area contributed by atoms with Crippen LogP contribution in [0.25, 0.3) is 0 Å². The fourth-order valence-electron chi connectivity index (χ4n) is 3.40. The molecule has 0 aromatic carbocycles. The van der Waals surface area contributed by atoms with Gasteiger partial charge in [0.05, 0.1) is 6.54 Å². The van der Waals surface area contributed by atoms with Crippen LogP contribution in [0.4, 0.5) is 4.79 Å². The fourth-order valence-corrected chi connectivity index (χ4v) is 3.40. The molecule has 9 nitrogen and oxygen atoms in total. The first-order valence-electron chi connectivity index (χ1n) is 10.4. The Morgan fingerprint density at radius 1 is 1.32 bits per heavy atom. The van der Waals surface area contributed by atoms with Crippen molar-refractivity contribution in [1.29, 1.82) is 0 Å². The number of hydrogen-bond acceptors (Lipinski definition) is 5. The lowest BCUT2D eigenvalue weighted by atomic mass is 9.96. The van der Waals surface area contributed by atoms with E-state index in [-0.39, 0.29) is 35.8 Å². The van der Waals surface area contributed by atoms with E-state index >= 15 is 0 Å². The summed E-state index contributed by atoms with van der Waals surface area (Å²) < 4.78 is 10.9. The van der Waals surface area contributed by atoms with Crippen LogP contribution in [0.3, 0.4) is 0 Å². The predicted octanol–water partition coefficient (Wildman–Crippen LogP) is 3.04. The minimum absolute atomic E-state index is 0. The summed E-state index contributed by atoms with van der Waals surface area (Å²) in [6, 6.07) is 3.29. The molecule has 176 valence electrons. The van der Waals surface area contributed by atoms with Crippen LogP contribution in [0.1, 0.15) is 56.9 Å². The Bertz CT molecular complexity index is 751. The normalized spacial score (nSPS) is 15.3. The number of piperidine rings is 1. The lowest BCUT2D eigenvalue weighted by Crippen LogP contribution is -2.47. The van der Waals surface area contributed by atoms with Gasteiger partial charge in [0, 0.05) is 33.2 Å². The van der Waals surface area contributed by atoms with Gasteiger partial charge in [-0.2, -0.15) is 0 Å². The van der Waals surface area contributed by atoms with Crippen molar-refractivity contribution in [2.75, 3.05) is 33.2 Å². The third kappa shape index (κ3) is 8.58. The maximum atomic E-state index is 12.4. The summed E-state index contributed by atoms with van der Waals surface area (Å²) in [4.78, 5) is 31.8. The molecule has 0 spiro atoms. The van der Waals surface area contributed by atoms with Crippen LogP contribution in [0, 0.1) is 5.92 Å². The number of guanidine groups is 1. The standard InChI is InChI=1S/C21H35N5O4.HI/c1-6-25(20(28)30-21(2,3)4)14-15-9-11-26(12-10-15)19(23-5)24-13-16-7-8-17(29-16)18(22)27;/h7-8,15H,6,9-14H2,1-5H3,(H2,22,27)(H,23,24);1H. The number of nitrogens with two attached hydrogens (primary N) is 1. The lowest BCUT2D eigenvalue weighted by Gasteiger charge is -2.36. The lowest BCUT2D eigenvalue weighted by molar-refractivity contribution is 0.0214. The summed E-state index contributed by atoms with van der Waals surface area (Å²) in [6.45, 7) is 11.1. The van der Waals surface area contributed by atoms with Crippen molar-refractivity contribution in [3.05, 3.63) is 23.7 Å². The van der Waals surface area contributed by atoms with Crippen LogP contribution < -0.4 is 11.1 Å². The first-order chi connectivity index (χ1) is 14.1. The maximum Gasteiger partial charge on any atom is 0.410 e. The molecule has 0 unspecified atom stereocenters. The van der Waals surface area contributed by atoms with Crippen LogP contribution in [0.15, 0.2) is 21.5 Å². The van der Waals surface area contributed by atoms with Gasteiger partial charge in [0.15, 0.2) is 11.7 Å². The Balaban J connectivity index is 0.00000480. The highest BCUT2D eigenvalue weighted by Gasteiger charge is 2.27. The van der Waals surface area contributed by atoms with Crippen molar-refractivity contribution in [3.63, 3.8) is 0 Å². The average Bonchev–Trinajstić information content (AvgIpc) is 3.15. The summed E-state index contributed by atoms with van der Waals surface area (Å²) in [5.41, 5.74) is 4.73. The highest BCUT2D eigenvalue weighted by molar-refractivity contribution is 14.0. The molecule has 10 heteroatoms. The molecule has 1 aromatic rings. The van der Waals surface area contributed by atoms with E-state index in [1.807, 2.05) is 27.7 Å². The van der Waals surface area contributed by atoms with Crippen LogP contribution >= 0.6 is 24.0 Å². The molecule has 0 bridgehead atoms. The molecule has 31 heavy (non-hydrogen) atoms. The van der Waals surface area contributed by atoms with Crippen molar-refractivity contribution in [2.45, 2.75) is 52.7 Å². The zero-order valence-electron chi connectivity index (χ0n) is 19.1. The first kappa shape index (κ1) is 27.1. The number of nitrogens with zero attached hydrogens (tertiary/aromatic N) is 3. The van der Waals surface area contributed by atoms with Crippen molar-refractivity contribution < 1.29 is 18.7 Å². The number of carbonyl (C=O) groups is 2. The molecular formula is C21H36IN5O4. The van der Waals surface area contributed by atoms with Crippen molar-refractivity contribution >= 4 is 41.9 Å². The fraction of sp³-hybridized carbons (Fsp3) is 0.667. The van der Waals surface area contributed by atoms with Gasteiger partial charge in [-0.1, -0.05) is 0 Å². The third-order valence-electron chi connectivity index (χ3n) is 4.96. The summed E-state index contributed by atoms with van der Waals surface area (Å²) in [7, 11) is 1.74. The minimum atomic E-state index is -0.583. The molecule has 1 aliphatic heterocycles. The highest BCUT2D eigenvalue weighted by Crippen LogP contribution is 2.20. The van der Waals surface area contributed by atoms with Crippen molar-refractivity contribution in [2.24, 2.45) is 16.6 Å². The van der Waals surface area contributed by atoms with Crippen LogP contribution in [0.5, 0.6) is 0 Å². The number of carbonyl (C=O) groups excluding carboxylic acids is 2. The zero-order valence-corrected chi connectivity index (χ0v) is 21.5. The van der Waals surface area contributed by atoms with E-state index in [4.69, 9.17) is 14.9 Å². The summed E-state index contributed by atoms with van der Waals surface area (Å²) in [5.74, 6) is 1.39. The number of furan rings is 1.